The molecule has 0 bridgehead atoms. The van der Waals surface area contributed by atoms with Crippen molar-refractivity contribution in [1.29, 1.82) is 0 Å². The van der Waals surface area contributed by atoms with Crippen LogP contribution in [0.3, 0.4) is 0 Å². The van der Waals surface area contributed by atoms with Crippen molar-refractivity contribution in [2.24, 2.45) is 5.73 Å². The van der Waals surface area contributed by atoms with E-state index in [1.165, 1.54) is 30.4 Å². The van der Waals surface area contributed by atoms with E-state index < -0.39 is 0 Å². The molecular formula is C16H26N2O. The molecule has 2 atom stereocenters. The van der Waals surface area contributed by atoms with Crippen LogP contribution in [0.5, 0.6) is 5.75 Å². The van der Waals surface area contributed by atoms with Crippen molar-refractivity contribution in [3.05, 3.63) is 28.8 Å². The summed E-state index contributed by atoms with van der Waals surface area (Å²) in [5.74, 6) is 0.923. The average Bonchev–Trinajstić information content (AvgIpc) is 2.42. The summed E-state index contributed by atoms with van der Waals surface area (Å²) in [7, 11) is 1.72. The fourth-order valence-electron chi connectivity index (χ4n) is 2.84. The Morgan fingerprint density at radius 2 is 2.05 bits per heavy atom. The van der Waals surface area contributed by atoms with Crippen LogP contribution >= 0.6 is 0 Å². The molecule has 0 aromatic heterocycles. The van der Waals surface area contributed by atoms with Crippen molar-refractivity contribution in [2.45, 2.75) is 51.6 Å². The number of hydrogen-bond donors (Lipinski definition) is 2. The van der Waals surface area contributed by atoms with E-state index in [0.717, 1.165) is 24.3 Å². The molecule has 0 saturated carbocycles. The maximum Gasteiger partial charge on any atom is 0.123 e. The molecule has 1 saturated heterocycles. The highest BCUT2D eigenvalue weighted by Gasteiger charge is 2.20. The average molecular weight is 262 g/mol. The van der Waals surface area contributed by atoms with E-state index in [1.807, 2.05) is 0 Å². The third-order valence-corrected chi connectivity index (χ3v) is 4.20. The van der Waals surface area contributed by atoms with E-state index >= 15 is 0 Å². The molecule has 0 aliphatic carbocycles. The minimum absolute atomic E-state index is 0.0462. The topological polar surface area (TPSA) is 47.3 Å². The summed E-state index contributed by atoms with van der Waals surface area (Å²) in [6, 6.07) is 4.88. The van der Waals surface area contributed by atoms with Crippen molar-refractivity contribution in [2.75, 3.05) is 13.7 Å². The van der Waals surface area contributed by atoms with Gasteiger partial charge in [-0.2, -0.15) is 0 Å². The molecule has 3 nitrogen and oxygen atoms in total. The van der Waals surface area contributed by atoms with E-state index in [2.05, 4.69) is 31.3 Å². The van der Waals surface area contributed by atoms with E-state index in [1.54, 1.807) is 7.11 Å². The molecule has 1 aliphatic heterocycles. The molecule has 0 spiro atoms. The first kappa shape index (κ1) is 14.4. The van der Waals surface area contributed by atoms with Gasteiger partial charge in [0.15, 0.2) is 0 Å². The lowest BCUT2D eigenvalue weighted by molar-refractivity contribution is 0.354. The van der Waals surface area contributed by atoms with Gasteiger partial charge in [-0.15, -0.1) is 0 Å². The van der Waals surface area contributed by atoms with Gasteiger partial charge in [-0.05, 0) is 56.8 Å². The summed E-state index contributed by atoms with van der Waals surface area (Å²) < 4.78 is 5.49. The molecule has 1 heterocycles. The van der Waals surface area contributed by atoms with E-state index in [0.29, 0.717) is 6.04 Å². The first-order valence-electron chi connectivity index (χ1n) is 7.26. The lowest BCUT2D eigenvalue weighted by Crippen LogP contribution is -2.36. The third kappa shape index (κ3) is 3.48. The number of hydrogen-bond acceptors (Lipinski definition) is 3. The summed E-state index contributed by atoms with van der Waals surface area (Å²) >= 11 is 0. The second-order valence-electron chi connectivity index (χ2n) is 5.67. The van der Waals surface area contributed by atoms with Crippen molar-refractivity contribution in [1.82, 2.24) is 5.32 Å². The minimum atomic E-state index is 0.0462. The SMILES string of the molecule is COc1cc(C)c(C)cc1C(N)CC1CCCCN1. The van der Waals surface area contributed by atoms with Crippen LogP contribution in [0.15, 0.2) is 12.1 Å². The first-order chi connectivity index (χ1) is 9.11. The molecule has 0 radical (unpaired) electrons. The van der Waals surface area contributed by atoms with E-state index in [4.69, 9.17) is 10.5 Å². The Morgan fingerprint density at radius 1 is 1.32 bits per heavy atom. The van der Waals surface area contributed by atoms with Crippen LogP contribution in [0.25, 0.3) is 0 Å². The molecular weight excluding hydrogens is 236 g/mol. The lowest BCUT2D eigenvalue weighted by Gasteiger charge is -2.27. The molecule has 1 fully saturated rings. The normalized spacial score (nSPS) is 21.2. The van der Waals surface area contributed by atoms with Crippen molar-refractivity contribution in [3.8, 4) is 5.75 Å². The summed E-state index contributed by atoms with van der Waals surface area (Å²) in [5, 5.41) is 3.56. The standard InChI is InChI=1S/C16H26N2O/c1-11-8-14(16(19-3)9-12(11)2)15(17)10-13-6-4-5-7-18-13/h8-9,13,15,18H,4-7,10,17H2,1-3H3. The highest BCUT2D eigenvalue weighted by atomic mass is 16.5. The van der Waals surface area contributed by atoms with E-state index in [9.17, 15) is 0 Å². The van der Waals surface area contributed by atoms with Gasteiger partial charge < -0.3 is 15.8 Å². The third-order valence-electron chi connectivity index (χ3n) is 4.20. The number of piperidine rings is 1. The first-order valence-corrected chi connectivity index (χ1v) is 7.26. The second-order valence-corrected chi connectivity index (χ2v) is 5.67. The fraction of sp³-hybridized carbons (Fsp3) is 0.625. The number of ether oxygens (including phenoxy) is 1. The largest absolute Gasteiger partial charge is 0.496 e. The Hall–Kier alpha value is -1.06. The molecule has 3 N–H and O–H groups in total. The van der Waals surface area contributed by atoms with Gasteiger partial charge in [0.05, 0.1) is 7.11 Å². The van der Waals surface area contributed by atoms with Gasteiger partial charge in [0.1, 0.15) is 5.75 Å². The Balaban J connectivity index is 2.13. The van der Waals surface area contributed by atoms with Gasteiger partial charge in [-0.25, -0.2) is 0 Å². The van der Waals surface area contributed by atoms with Crippen LogP contribution in [0, 0.1) is 13.8 Å². The lowest BCUT2D eigenvalue weighted by atomic mass is 9.92. The monoisotopic (exact) mass is 262 g/mol. The van der Waals surface area contributed by atoms with Gasteiger partial charge >= 0.3 is 0 Å². The van der Waals surface area contributed by atoms with Gasteiger partial charge in [0.2, 0.25) is 0 Å². The fourth-order valence-corrected chi connectivity index (χ4v) is 2.84. The highest BCUT2D eigenvalue weighted by Crippen LogP contribution is 2.30. The number of methoxy groups -OCH3 is 1. The molecule has 2 unspecified atom stereocenters. The summed E-state index contributed by atoms with van der Waals surface area (Å²) in [6.45, 7) is 5.36. The van der Waals surface area contributed by atoms with Crippen LogP contribution < -0.4 is 15.8 Å². The number of nitrogens with one attached hydrogen (secondary N) is 1. The van der Waals surface area contributed by atoms with E-state index in [-0.39, 0.29) is 6.04 Å². The van der Waals surface area contributed by atoms with Gasteiger partial charge in [0, 0.05) is 17.6 Å². The molecule has 1 aliphatic rings. The zero-order chi connectivity index (χ0) is 13.8. The van der Waals surface area contributed by atoms with Crippen molar-refractivity contribution < 1.29 is 4.74 Å². The van der Waals surface area contributed by atoms with Crippen molar-refractivity contribution in [3.63, 3.8) is 0 Å². The Bertz CT molecular complexity index is 425. The zero-order valence-electron chi connectivity index (χ0n) is 12.3. The second kappa shape index (κ2) is 6.40. The predicted molar refractivity (Wildman–Crippen MR) is 79.7 cm³/mol. The zero-order valence-corrected chi connectivity index (χ0v) is 12.3. The number of rotatable bonds is 4. The minimum Gasteiger partial charge on any atom is -0.496 e. The summed E-state index contributed by atoms with van der Waals surface area (Å²) in [6.07, 6.45) is 4.83. The quantitative estimate of drug-likeness (QED) is 0.877. The van der Waals surface area contributed by atoms with Gasteiger partial charge in [0.25, 0.3) is 0 Å². The van der Waals surface area contributed by atoms with Crippen molar-refractivity contribution >= 4 is 0 Å². The molecule has 0 amide bonds. The Labute approximate surface area is 116 Å². The van der Waals surface area contributed by atoms with Crippen LogP contribution in [0.1, 0.15) is 48.4 Å². The molecule has 1 aromatic rings. The molecule has 1 aromatic carbocycles. The number of nitrogens with two attached hydrogens (primary N) is 1. The molecule has 19 heavy (non-hydrogen) atoms. The van der Waals surface area contributed by atoms with Gasteiger partial charge in [-0.3, -0.25) is 0 Å². The highest BCUT2D eigenvalue weighted by molar-refractivity contribution is 5.43. The Kier molecular flexibility index (Phi) is 4.83. The summed E-state index contributed by atoms with van der Waals surface area (Å²) in [5.41, 5.74) is 10.1. The smallest absolute Gasteiger partial charge is 0.123 e. The van der Waals surface area contributed by atoms with Crippen LogP contribution in [0.2, 0.25) is 0 Å². The number of benzene rings is 1. The molecule has 3 heteroatoms. The van der Waals surface area contributed by atoms with Gasteiger partial charge in [-0.1, -0.05) is 12.5 Å². The predicted octanol–water partition coefficient (Wildman–Crippen LogP) is 2.84. The Morgan fingerprint density at radius 3 is 2.68 bits per heavy atom. The maximum absolute atomic E-state index is 6.40. The summed E-state index contributed by atoms with van der Waals surface area (Å²) in [4.78, 5) is 0. The molecule has 2 rings (SSSR count). The van der Waals surface area contributed by atoms with Crippen LogP contribution in [0.4, 0.5) is 0 Å². The molecule has 106 valence electrons. The maximum atomic E-state index is 6.40. The number of aryl methyl sites for hydroxylation is 2. The van der Waals surface area contributed by atoms with Crippen LogP contribution in [-0.4, -0.2) is 19.7 Å². The van der Waals surface area contributed by atoms with Crippen LogP contribution in [-0.2, 0) is 0 Å².